The van der Waals surface area contributed by atoms with Crippen LogP contribution in [0.5, 0.6) is 0 Å². The van der Waals surface area contributed by atoms with Crippen LogP contribution in [0.3, 0.4) is 0 Å². The first kappa shape index (κ1) is 11.5. The number of ether oxygens (including phenoxy) is 1. The second kappa shape index (κ2) is 4.28. The van der Waals surface area contributed by atoms with Crippen molar-refractivity contribution in [1.82, 2.24) is 4.90 Å². The van der Waals surface area contributed by atoms with Crippen molar-refractivity contribution in [3.8, 4) is 0 Å². The highest BCUT2D eigenvalue weighted by molar-refractivity contribution is 5.71. The fourth-order valence-corrected chi connectivity index (χ4v) is 1.51. The topological polar surface area (TPSA) is 55.6 Å². The Bertz CT molecular complexity index is 207. The molecule has 1 aliphatic carbocycles. The molecule has 2 N–H and O–H groups in total. The van der Waals surface area contributed by atoms with E-state index in [1.807, 2.05) is 13.8 Å². The van der Waals surface area contributed by atoms with Gasteiger partial charge in [-0.1, -0.05) is 0 Å². The molecule has 0 saturated heterocycles. The summed E-state index contributed by atoms with van der Waals surface area (Å²) in [4.78, 5) is 13.3. The molecule has 1 aliphatic rings. The first-order valence-corrected chi connectivity index (χ1v) is 5.02. The quantitative estimate of drug-likeness (QED) is 0.651. The highest BCUT2D eigenvalue weighted by Crippen LogP contribution is 2.27. The summed E-state index contributed by atoms with van der Waals surface area (Å²) in [5.74, 6) is -0.179. The number of esters is 1. The van der Waals surface area contributed by atoms with Crippen LogP contribution in [0, 0.1) is 0 Å². The van der Waals surface area contributed by atoms with E-state index in [4.69, 9.17) is 5.73 Å². The molecule has 0 aromatic rings. The third-order valence-electron chi connectivity index (χ3n) is 2.23. The monoisotopic (exact) mass is 200 g/mol. The zero-order valence-electron chi connectivity index (χ0n) is 9.25. The van der Waals surface area contributed by atoms with Crippen molar-refractivity contribution in [3.63, 3.8) is 0 Å². The Morgan fingerprint density at radius 1 is 1.57 bits per heavy atom. The molecule has 82 valence electrons. The van der Waals surface area contributed by atoms with Crippen LogP contribution in [0.25, 0.3) is 0 Å². The summed E-state index contributed by atoms with van der Waals surface area (Å²) < 4.78 is 4.65. The zero-order valence-corrected chi connectivity index (χ0v) is 9.25. The first-order valence-electron chi connectivity index (χ1n) is 5.02. The number of carbonyl (C=O) groups is 1. The van der Waals surface area contributed by atoms with Crippen molar-refractivity contribution in [3.05, 3.63) is 0 Å². The van der Waals surface area contributed by atoms with Crippen molar-refractivity contribution in [1.29, 1.82) is 0 Å². The van der Waals surface area contributed by atoms with Gasteiger partial charge in [-0.15, -0.1) is 0 Å². The highest BCUT2D eigenvalue weighted by Gasteiger charge is 2.32. The van der Waals surface area contributed by atoms with Crippen LogP contribution >= 0.6 is 0 Å². The van der Waals surface area contributed by atoms with Gasteiger partial charge in [0.25, 0.3) is 0 Å². The standard InChI is InChI=1S/C10H20N2O2/c1-10(2,11)7-12(8-4-5-8)6-9(13)14-3/h8H,4-7,11H2,1-3H3. The number of nitrogens with two attached hydrogens (primary N) is 1. The van der Waals surface area contributed by atoms with Crippen LogP contribution in [-0.2, 0) is 9.53 Å². The molecule has 0 atom stereocenters. The minimum Gasteiger partial charge on any atom is -0.468 e. The molecule has 0 radical (unpaired) electrons. The fraction of sp³-hybridized carbons (Fsp3) is 0.900. The van der Waals surface area contributed by atoms with Crippen LogP contribution in [0.2, 0.25) is 0 Å². The summed E-state index contributed by atoms with van der Waals surface area (Å²) >= 11 is 0. The lowest BCUT2D eigenvalue weighted by atomic mass is 10.1. The van der Waals surface area contributed by atoms with Gasteiger partial charge in [0.2, 0.25) is 0 Å². The number of hydrogen-bond acceptors (Lipinski definition) is 4. The number of rotatable bonds is 5. The Morgan fingerprint density at radius 3 is 2.50 bits per heavy atom. The minimum atomic E-state index is -0.253. The molecule has 4 heteroatoms. The van der Waals surface area contributed by atoms with Crippen LogP contribution in [-0.4, -0.2) is 42.6 Å². The Labute approximate surface area is 85.4 Å². The van der Waals surface area contributed by atoms with E-state index in [2.05, 4.69) is 9.64 Å². The lowest BCUT2D eigenvalue weighted by molar-refractivity contribution is -0.142. The molecule has 1 fully saturated rings. The lowest BCUT2D eigenvalue weighted by Gasteiger charge is -2.28. The van der Waals surface area contributed by atoms with Gasteiger partial charge in [-0.05, 0) is 26.7 Å². The van der Waals surface area contributed by atoms with E-state index in [1.54, 1.807) is 0 Å². The third-order valence-corrected chi connectivity index (χ3v) is 2.23. The van der Waals surface area contributed by atoms with Gasteiger partial charge in [-0.25, -0.2) is 0 Å². The SMILES string of the molecule is COC(=O)CN(CC(C)(C)N)C1CC1. The van der Waals surface area contributed by atoms with Gasteiger partial charge in [0.15, 0.2) is 0 Å². The third kappa shape index (κ3) is 4.07. The van der Waals surface area contributed by atoms with Gasteiger partial charge in [-0.2, -0.15) is 0 Å². The zero-order chi connectivity index (χ0) is 10.8. The molecule has 1 rings (SSSR count). The van der Waals surface area contributed by atoms with Crippen molar-refractivity contribution in [2.75, 3.05) is 20.2 Å². The van der Waals surface area contributed by atoms with Gasteiger partial charge < -0.3 is 10.5 Å². The predicted molar refractivity (Wildman–Crippen MR) is 54.9 cm³/mol. The molecule has 0 heterocycles. The fourth-order valence-electron chi connectivity index (χ4n) is 1.51. The summed E-state index contributed by atoms with van der Waals surface area (Å²) in [6.45, 7) is 5.05. The van der Waals surface area contributed by atoms with E-state index in [1.165, 1.54) is 20.0 Å². The summed E-state index contributed by atoms with van der Waals surface area (Å²) in [6, 6.07) is 0.539. The van der Waals surface area contributed by atoms with E-state index in [9.17, 15) is 4.79 Å². The van der Waals surface area contributed by atoms with Gasteiger partial charge in [0, 0.05) is 18.1 Å². The minimum absolute atomic E-state index is 0.179. The summed E-state index contributed by atoms with van der Waals surface area (Å²) in [7, 11) is 1.42. The average molecular weight is 200 g/mol. The number of hydrogen-bond donors (Lipinski definition) is 1. The maximum atomic E-state index is 11.1. The van der Waals surface area contributed by atoms with Crippen molar-refractivity contribution in [2.45, 2.75) is 38.3 Å². The van der Waals surface area contributed by atoms with E-state index in [0.29, 0.717) is 12.6 Å². The van der Waals surface area contributed by atoms with Gasteiger partial charge in [0.1, 0.15) is 0 Å². The normalized spacial score (nSPS) is 17.2. The Balaban J connectivity index is 2.43. The molecule has 4 nitrogen and oxygen atoms in total. The van der Waals surface area contributed by atoms with E-state index >= 15 is 0 Å². The van der Waals surface area contributed by atoms with Crippen molar-refractivity contribution in [2.24, 2.45) is 5.73 Å². The van der Waals surface area contributed by atoms with Gasteiger partial charge in [0.05, 0.1) is 13.7 Å². The predicted octanol–water partition coefficient (Wildman–Crippen LogP) is 0.361. The van der Waals surface area contributed by atoms with Crippen LogP contribution < -0.4 is 5.73 Å². The van der Waals surface area contributed by atoms with Crippen molar-refractivity contribution < 1.29 is 9.53 Å². The van der Waals surface area contributed by atoms with E-state index in [0.717, 1.165) is 6.54 Å². The lowest BCUT2D eigenvalue weighted by Crippen LogP contribution is -2.47. The van der Waals surface area contributed by atoms with Gasteiger partial charge in [-0.3, -0.25) is 9.69 Å². The summed E-state index contributed by atoms with van der Waals surface area (Å²) in [6.07, 6.45) is 2.35. The van der Waals surface area contributed by atoms with Crippen LogP contribution in [0.15, 0.2) is 0 Å². The molecule has 0 bridgehead atoms. The Morgan fingerprint density at radius 2 is 2.14 bits per heavy atom. The molecular formula is C10H20N2O2. The molecule has 0 aromatic heterocycles. The molecule has 0 amide bonds. The molecule has 0 aliphatic heterocycles. The average Bonchev–Trinajstić information content (AvgIpc) is 2.82. The van der Waals surface area contributed by atoms with Crippen molar-refractivity contribution >= 4 is 5.97 Å². The number of methoxy groups -OCH3 is 1. The number of nitrogens with zero attached hydrogens (tertiary/aromatic N) is 1. The molecule has 0 unspecified atom stereocenters. The molecule has 0 spiro atoms. The number of carbonyl (C=O) groups excluding carboxylic acids is 1. The summed E-state index contributed by atoms with van der Waals surface area (Å²) in [5.41, 5.74) is 5.67. The molecule has 1 saturated carbocycles. The van der Waals surface area contributed by atoms with Gasteiger partial charge >= 0.3 is 5.97 Å². The Hall–Kier alpha value is -0.610. The van der Waals surface area contributed by atoms with E-state index < -0.39 is 0 Å². The van der Waals surface area contributed by atoms with Crippen LogP contribution in [0.4, 0.5) is 0 Å². The maximum absolute atomic E-state index is 11.1. The largest absolute Gasteiger partial charge is 0.468 e. The molecular weight excluding hydrogens is 180 g/mol. The van der Waals surface area contributed by atoms with Crippen LogP contribution in [0.1, 0.15) is 26.7 Å². The second-order valence-electron chi connectivity index (χ2n) is 4.70. The van der Waals surface area contributed by atoms with E-state index in [-0.39, 0.29) is 11.5 Å². The second-order valence-corrected chi connectivity index (χ2v) is 4.70. The first-order chi connectivity index (χ1) is 6.42. The highest BCUT2D eigenvalue weighted by atomic mass is 16.5. The summed E-state index contributed by atoms with van der Waals surface area (Å²) in [5, 5.41) is 0. The molecule has 14 heavy (non-hydrogen) atoms. The Kier molecular flexibility index (Phi) is 3.50. The smallest absolute Gasteiger partial charge is 0.319 e. The molecule has 0 aromatic carbocycles. The maximum Gasteiger partial charge on any atom is 0.319 e.